The number of Topliss-reactive ketones (excluding diaryl/α,β-unsaturated/α-hetero) is 1. The van der Waals surface area contributed by atoms with Crippen molar-refractivity contribution in [3.05, 3.63) is 64.2 Å². The van der Waals surface area contributed by atoms with Crippen LogP contribution in [0.15, 0.2) is 42.0 Å². The van der Waals surface area contributed by atoms with E-state index in [4.69, 9.17) is 29.4 Å². The molecule has 0 spiro atoms. The minimum absolute atomic E-state index is 0. The van der Waals surface area contributed by atoms with Gasteiger partial charge in [-0.3, -0.25) is 9.59 Å². The van der Waals surface area contributed by atoms with Gasteiger partial charge in [0.15, 0.2) is 24.0 Å². The number of esters is 1. The molecule has 0 saturated carbocycles. The predicted molar refractivity (Wildman–Crippen MR) is 152 cm³/mol. The molecule has 2 aromatic rings. The van der Waals surface area contributed by atoms with Crippen LogP contribution in [0.25, 0.3) is 0 Å². The fraction of sp³-hybridized carbons (Fsp3) is 0.419. The van der Waals surface area contributed by atoms with Crippen molar-refractivity contribution < 1.29 is 82.6 Å². The largest absolute Gasteiger partial charge is 1.00 e. The molecule has 0 aromatic heterocycles. The molecule has 1 fully saturated rings. The van der Waals surface area contributed by atoms with Crippen molar-refractivity contribution in [2.45, 2.75) is 77.3 Å². The molecular formula is C31H35N2NaO11. The molecule has 2 aliphatic heterocycles. The van der Waals surface area contributed by atoms with Gasteiger partial charge in [-0.15, -0.1) is 5.75 Å². The standard InChI is InChI=1S/C31H36N2O11.Na/c1-14(2)7-8-16-13-17(9-11-19(16)34)27(37)33-21-22(35)18-10-12-20(15(3)24(18)42-28(21)38)41-29-23(36)25(43-30(32)39)26(40-6)31(4,5)44-29;/h7,9-13,21,23,25-26,29,34,36H,8H2,1-6H3,(H2,32,39)(H,33,37);/q;+1/p-1. The average molecular weight is 635 g/mol. The summed E-state index contributed by atoms with van der Waals surface area (Å²) < 4.78 is 27.8. The summed E-state index contributed by atoms with van der Waals surface area (Å²) in [4.78, 5) is 50.8. The third kappa shape index (κ3) is 7.68. The van der Waals surface area contributed by atoms with Crippen LogP contribution >= 0.6 is 0 Å². The minimum Gasteiger partial charge on any atom is -0.872 e. The Morgan fingerprint density at radius 1 is 1.18 bits per heavy atom. The second-order valence-electron chi connectivity index (χ2n) is 11.3. The molecule has 0 radical (unpaired) electrons. The number of carbonyl (C=O) groups excluding carboxylic acids is 4. The number of allylic oxidation sites excluding steroid dienone is 2. The Morgan fingerprint density at radius 3 is 2.49 bits per heavy atom. The van der Waals surface area contributed by atoms with Crippen LogP contribution in [0.5, 0.6) is 17.2 Å². The second kappa shape index (κ2) is 14.3. The van der Waals surface area contributed by atoms with Gasteiger partial charge in [0.2, 0.25) is 6.29 Å². The van der Waals surface area contributed by atoms with Gasteiger partial charge in [0, 0.05) is 18.2 Å². The molecule has 5 atom stereocenters. The van der Waals surface area contributed by atoms with Crippen molar-refractivity contribution in [1.82, 2.24) is 5.32 Å². The van der Waals surface area contributed by atoms with E-state index in [1.807, 2.05) is 19.9 Å². The molecule has 2 heterocycles. The Kier molecular flexibility index (Phi) is 11.5. The smallest absolute Gasteiger partial charge is 0.872 e. The van der Waals surface area contributed by atoms with Crippen molar-refractivity contribution in [2.24, 2.45) is 5.73 Å². The van der Waals surface area contributed by atoms with Gasteiger partial charge in [0.05, 0.1) is 11.2 Å². The SMILES string of the molecule is COC1C(OC(N)=O)C(O)C(Oc2ccc3c(c2C)OC(=O)C(NC(=O)c2ccc([O-])c(CC=C(C)C)c2)C3=O)OC1(C)C.[Na+]. The van der Waals surface area contributed by atoms with Gasteiger partial charge >= 0.3 is 41.6 Å². The molecule has 5 unspecified atom stereocenters. The number of ether oxygens (including phenoxy) is 5. The zero-order valence-electron chi connectivity index (χ0n) is 26.2. The topological polar surface area (TPSA) is 196 Å². The number of rotatable bonds is 8. The molecular weight excluding hydrogens is 599 g/mol. The maximum absolute atomic E-state index is 13.3. The van der Waals surface area contributed by atoms with Crippen LogP contribution in [-0.4, -0.2) is 72.2 Å². The number of carbonyl (C=O) groups is 4. The van der Waals surface area contributed by atoms with Gasteiger partial charge in [-0.2, -0.15) is 0 Å². The first-order chi connectivity index (χ1) is 20.6. The third-order valence-corrected chi connectivity index (χ3v) is 7.42. The van der Waals surface area contributed by atoms with Gasteiger partial charge < -0.3 is 44.9 Å². The zero-order chi connectivity index (χ0) is 32.5. The van der Waals surface area contributed by atoms with Gasteiger partial charge in [-0.05, 0) is 59.2 Å². The van der Waals surface area contributed by atoms with Gasteiger partial charge in [0.1, 0.15) is 17.6 Å². The number of fused-ring (bicyclic) bond motifs is 1. The quantitative estimate of drug-likeness (QED) is 0.104. The van der Waals surface area contributed by atoms with E-state index in [2.05, 4.69) is 5.32 Å². The molecule has 0 bridgehead atoms. The summed E-state index contributed by atoms with van der Waals surface area (Å²) in [5.41, 5.74) is 5.85. The van der Waals surface area contributed by atoms with Crippen molar-refractivity contribution in [2.75, 3.05) is 7.11 Å². The summed E-state index contributed by atoms with van der Waals surface area (Å²) in [5.74, 6) is -2.69. The van der Waals surface area contributed by atoms with E-state index in [-0.39, 0.29) is 63.5 Å². The first-order valence-electron chi connectivity index (χ1n) is 13.8. The normalized spacial score (nSPS) is 23.5. The van der Waals surface area contributed by atoms with Crippen LogP contribution < -0.4 is 55.2 Å². The van der Waals surface area contributed by atoms with Crippen LogP contribution in [0.4, 0.5) is 4.79 Å². The first kappa shape index (κ1) is 36.0. The van der Waals surface area contributed by atoms with Crippen LogP contribution in [0.3, 0.4) is 0 Å². The average Bonchev–Trinajstić information content (AvgIpc) is 2.94. The number of hydrogen-bond donors (Lipinski definition) is 3. The number of benzene rings is 2. The molecule has 2 amide bonds. The van der Waals surface area contributed by atoms with Crippen molar-refractivity contribution in [1.29, 1.82) is 0 Å². The van der Waals surface area contributed by atoms with E-state index < -0.39 is 60.0 Å². The van der Waals surface area contributed by atoms with Gasteiger partial charge in [0.25, 0.3) is 5.91 Å². The summed E-state index contributed by atoms with van der Waals surface area (Å²) in [6, 6.07) is 5.15. The molecule has 2 aromatic carbocycles. The molecule has 4 N–H and O–H groups in total. The van der Waals surface area contributed by atoms with E-state index in [1.165, 1.54) is 44.4 Å². The fourth-order valence-corrected chi connectivity index (χ4v) is 5.15. The van der Waals surface area contributed by atoms with Gasteiger partial charge in [-0.1, -0.05) is 29.3 Å². The van der Waals surface area contributed by atoms with E-state index in [1.54, 1.807) is 13.8 Å². The maximum atomic E-state index is 13.3. The summed E-state index contributed by atoms with van der Waals surface area (Å²) in [7, 11) is 1.36. The van der Waals surface area contributed by atoms with E-state index in [0.29, 0.717) is 12.0 Å². The molecule has 45 heavy (non-hydrogen) atoms. The monoisotopic (exact) mass is 634 g/mol. The molecule has 13 nitrogen and oxygen atoms in total. The number of methoxy groups -OCH3 is 1. The molecule has 236 valence electrons. The Balaban J connectivity index is 0.00000552. The molecule has 0 aliphatic carbocycles. The Bertz CT molecular complexity index is 1520. The number of hydrogen-bond acceptors (Lipinski definition) is 11. The molecule has 14 heteroatoms. The Morgan fingerprint density at radius 2 is 1.87 bits per heavy atom. The minimum atomic E-state index is -1.63. The third-order valence-electron chi connectivity index (χ3n) is 7.42. The second-order valence-corrected chi connectivity index (χ2v) is 11.3. The van der Waals surface area contributed by atoms with E-state index in [0.717, 1.165) is 5.57 Å². The van der Waals surface area contributed by atoms with E-state index in [9.17, 15) is 29.4 Å². The summed E-state index contributed by atoms with van der Waals surface area (Å²) in [6.07, 6.45) is -3.97. The number of amides is 2. The number of primary amides is 1. The van der Waals surface area contributed by atoms with Crippen molar-refractivity contribution >= 4 is 23.8 Å². The number of aliphatic hydroxyl groups is 1. The van der Waals surface area contributed by atoms with Crippen molar-refractivity contribution in [3.8, 4) is 17.2 Å². The Labute approximate surface area is 282 Å². The fourth-order valence-electron chi connectivity index (χ4n) is 5.15. The van der Waals surface area contributed by atoms with Crippen molar-refractivity contribution in [3.63, 3.8) is 0 Å². The first-order valence-corrected chi connectivity index (χ1v) is 13.8. The molecule has 4 rings (SSSR count). The Hall–Kier alpha value is -3.46. The summed E-state index contributed by atoms with van der Waals surface area (Å²) in [5, 5.41) is 25.5. The van der Waals surface area contributed by atoms with Crippen LogP contribution in [-0.2, 0) is 25.4 Å². The summed E-state index contributed by atoms with van der Waals surface area (Å²) >= 11 is 0. The van der Waals surface area contributed by atoms with E-state index >= 15 is 0 Å². The van der Waals surface area contributed by atoms with Crippen LogP contribution in [0.1, 0.15) is 59.5 Å². The van der Waals surface area contributed by atoms with Crippen LogP contribution in [0, 0.1) is 6.92 Å². The van der Waals surface area contributed by atoms with Crippen LogP contribution in [0.2, 0.25) is 0 Å². The molecule has 2 aliphatic rings. The maximum Gasteiger partial charge on any atom is 1.00 e. The zero-order valence-corrected chi connectivity index (χ0v) is 28.2. The molecule has 1 saturated heterocycles. The summed E-state index contributed by atoms with van der Waals surface area (Å²) in [6.45, 7) is 8.60. The number of nitrogens with one attached hydrogen (secondary N) is 1. The van der Waals surface area contributed by atoms with Gasteiger partial charge in [-0.25, -0.2) is 9.59 Å². The number of nitrogens with two attached hydrogens (primary N) is 1. The number of aliphatic hydroxyl groups excluding tert-OH is 1. The predicted octanol–water partition coefficient (Wildman–Crippen LogP) is -1.16. The number of ketones is 1.